The van der Waals surface area contributed by atoms with Crippen molar-refractivity contribution in [3.63, 3.8) is 0 Å². The highest BCUT2D eigenvalue weighted by Crippen LogP contribution is 2.25. The number of hydrogen-bond acceptors (Lipinski definition) is 6. The summed E-state index contributed by atoms with van der Waals surface area (Å²) in [5, 5.41) is 6.12. The highest BCUT2D eigenvalue weighted by Gasteiger charge is 2.30. The van der Waals surface area contributed by atoms with Gasteiger partial charge in [0.1, 0.15) is 5.75 Å². The smallest absolute Gasteiger partial charge is 0.434 e. The number of H-pyrrole nitrogens is 1. The van der Waals surface area contributed by atoms with Crippen LogP contribution in [0.5, 0.6) is 5.75 Å². The van der Waals surface area contributed by atoms with Gasteiger partial charge in [-0.3, -0.25) is 9.78 Å². The molecule has 2 aromatic heterocycles. The number of likely N-dealkylation sites (tertiary alicyclic amines) is 1. The van der Waals surface area contributed by atoms with Crippen LogP contribution in [0.3, 0.4) is 0 Å². The van der Waals surface area contributed by atoms with Crippen molar-refractivity contribution in [2.24, 2.45) is 0 Å². The maximum atomic E-state index is 12.5. The summed E-state index contributed by atoms with van der Waals surface area (Å²) >= 11 is 0. The van der Waals surface area contributed by atoms with Crippen LogP contribution in [0.1, 0.15) is 31.6 Å². The molecule has 2 aromatic rings. The molecule has 0 radical (unpaired) electrons. The van der Waals surface area contributed by atoms with E-state index in [2.05, 4.69) is 15.2 Å². The molecule has 0 aromatic carbocycles. The van der Waals surface area contributed by atoms with Gasteiger partial charge in [0.05, 0.1) is 12.1 Å². The van der Waals surface area contributed by atoms with Gasteiger partial charge in [-0.25, -0.2) is 9.89 Å². The van der Waals surface area contributed by atoms with Crippen LogP contribution in [-0.2, 0) is 4.79 Å². The Bertz CT molecular complexity index is 712. The maximum Gasteiger partial charge on any atom is 0.434 e. The number of aromatic nitrogens is 3. The lowest BCUT2D eigenvalue weighted by Gasteiger charge is -2.32. The third kappa shape index (κ3) is 3.58. The minimum atomic E-state index is -0.607. The molecule has 1 aliphatic heterocycles. The average molecular weight is 318 g/mol. The van der Waals surface area contributed by atoms with E-state index in [1.54, 1.807) is 36.4 Å². The van der Waals surface area contributed by atoms with E-state index in [0.717, 1.165) is 12.8 Å². The Morgan fingerprint density at radius 3 is 3.13 bits per heavy atom. The highest BCUT2D eigenvalue weighted by molar-refractivity contribution is 5.81. The number of ether oxygens (including phenoxy) is 1. The first-order valence-corrected chi connectivity index (χ1v) is 7.54. The van der Waals surface area contributed by atoms with Gasteiger partial charge in [-0.2, -0.15) is 0 Å². The molecule has 2 atom stereocenters. The maximum absolute atomic E-state index is 12.5. The molecule has 0 spiro atoms. The number of carbonyl (C=O) groups is 1. The predicted molar refractivity (Wildman–Crippen MR) is 80.0 cm³/mol. The zero-order valence-corrected chi connectivity index (χ0v) is 12.8. The van der Waals surface area contributed by atoms with E-state index >= 15 is 0 Å². The fourth-order valence-electron chi connectivity index (χ4n) is 2.72. The Morgan fingerprint density at radius 2 is 2.43 bits per heavy atom. The van der Waals surface area contributed by atoms with E-state index < -0.39 is 11.9 Å². The third-order valence-corrected chi connectivity index (χ3v) is 3.83. The van der Waals surface area contributed by atoms with Crippen molar-refractivity contribution in [1.82, 2.24) is 20.1 Å². The number of rotatable bonds is 4. The average Bonchev–Trinajstić information content (AvgIpc) is 3.02. The van der Waals surface area contributed by atoms with E-state index in [9.17, 15) is 9.59 Å². The molecule has 8 nitrogen and oxygen atoms in total. The Balaban J connectivity index is 1.63. The van der Waals surface area contributed by atoms with Gasteiger partial charge >= 0.3 is 5.76 Å². The summed E-state index contributed by atoms with van der Waals surface area (Å²) in [7, 11) is 0. The van der Waals surface area contributed by atoms with Crippen molar-refractivity contribution in [1.29, 1.82) is 0 Å². The van der Waals surface area contributed by atoms with Crippen LogP contribution >= 0.6 is 0 Å². The second-order valence-corrected chi connectivity index (χ2v) is 5.52. The lowest BCUT2D eigenvalue weighted by molar-refractivity contribution is -0.139. The molecule has 1 N–H and O–H groups in total. The molecule has 3 heterocycles. The first-order valence-electron chi connectivity index (χ1n) is 7.54. The standard InChI is InChI=1S/C15H18N4O4/c1-10(22-12-5-2-6-16-8-12)14(20)19-7-3-4-11(9-19)13-17-18-15(21)23-13/h2,5-6,8,10-11H,3-4,7,9H2,1H3,(H,18,21). The monoisotopic (exact) mass is 318 g/mol. The molecule has 1 aliphatic rings. The van der Waals surface area contributed by atoms with Crippen LogP contribution < -0.4 is 10.5 Å². The summed E-state index contributed by atoms with van der Waals surface area (Å²) in [4.78, 5) is 29.3. The molecule has 0 bridgehead atoms. The lowest BCUT2D eigenvalue weighted by Crippen LogP contribution is -2.45. The first-order chi connectivity index (χ1) is 11.1. The molecule has 8 heteroatoms. The molecule has 1 amide bonds. The Hall–Kier alpha value is -2.64. The second-order valence-electron chi connectivity index (χ2n) is 5.52. The zero-order chi connectivity index (χ0) is 16.2. The number of carbonyl (C=O) groups excluding carboxylic acids is 1. The Kier molecular flexibility index (Phi) is 4.40. The van der Waals surface area contributed by atoms with E-state index in [1.165, 1.54) is 0 Å². The van der Waals surface area contributed by atoms with Crippen molar-refractivity contribution in [3.05, 3.63) is 41.0 Å². The van der Waals surface area contributed by atoms with E-state index in [-0.39, 0.29) is 11.8 Å². The third-order valence-electron chi connectivity index (χ3n) is 3.83. The van der Waals surface area contributed by atoms with Crippen LogP contribution in [0.25, 0.3) is 0 Å². The van der Waals surface area contributed by atoms with E-state index in [0.29, 0.717) is 24.7 Å². The molecular formula is C15H18N4O4. The van der Waals surface area contributed by atoms with Gasteiger partial charge in [-0.1, -0.05) is 0 Å². The quantitative estimate of drug-likeness (QED) is 0.900. The van der Waals surface area contributed by atoms with Gasteiger partial charge in [0.25, 0.3) is 5.91 Å². The molecule has 122 valence electrons. The number of amides is 1. The molecular weight excluding hydrogens is 300 g/mol. The molecule has 1 saturated heterocycles. The summed E-state index contributed by atoms with van der Waals surface area (Å²) < 4.78 is 10.6. The minimum absolute atomic E-state index is 0.0720. The van der Waals surface area contributed by atoms with Crippen molar-refractivity contribution in [3.8, 4) is 5.75 Å². The summed E-state index contributed by atoms with van der Waals surface area (Å²) in [5.74, 6) is 0.166. The number of pyridine rings is 1. The van der Waals surface area contributed by atoms with E-state index in [1.807, 2.05) is 0 Å². The highest BCUT2D eigenvalue weighted by atomic mass is 16.5. The van der Waals surface area contributed by atoms with Gasteiger partial charge in [-0.05, 0) is 31.9 Å². The molecule has 3 rings (SSSR count). The lowest BCUT2D eigenvalue weighted by atomic mass is 9.97. The van der Waals surface area contributed by atoms with Crippen LogP contribution in [0.4, 0.5) is 0 Å². The normalized spacial score (nSPS) is 19.3. The van der Waals surface area contributed by atoms with Gasteiger partial charge in [0.15, 0.2) is 6.10 Å². The number of piperidine rings is 1. The van der Waals surface area contributed by atoms with Crippen LogP contribution in [-0.4, -0.2) is 45.2 Å². The Labute approximate surface area is 132 Å². The van der Waals surface area contributed by atoms with Gasteiger partial charge < -0.3 is 14.1 Å². The predicted octanol–water partition coefficient (Wildman–Crippen LogP) is 0.931. The second kappa shape index (κ2) is 6.64. The van der Waals surface area contributed by atoms with Crippen LogP contribution in [0.2, 0.25) is 0 Å². The minimum Gasteiger partial charge on any atom is -0.479 e. The molecule has 2 unspecified atom stereocenters. The number of aromatic amines is 1. The summed E-state index contributed by atoms with van der Waals surface area (Å²) in [6.07, 6.45) is 4.26. The molecule has 1 fully saturated rings. The SMILES string of the molecule is CC(Oc1cccnc1)C(=O)N1CCCC(c2n[nH]c(=O)o2)C1. The summed E-state index contributed by atoms with van der Waals surface area (Å²) in [6, 6.07) is 3.51. The topological polar surface area (TPSA) is 101 Å². The largest absolute Gasteiger partial charge is 0.479 e. The molecule has 0 aliphatic carbocycles. The zero-order valence-electron chi connectivity index (χ0n) is 12.8. The van der Waals surface area contributed by atoms with Crippen LogP contribution in [0, 0.1) is 0 Å². The van der Waals surface area contributed by atoms with Gasteiger partial charge in [0, 0.05) is 19.3 Å². The van der Waals surface area contributed by atoms with Gasteiger partial charge in [0.2, 0.25) is 5.89 Å². The van der Waals surface area contributed by atoms with Crippen LogP contribution in [0.15, 0.2) is 33.7 Å². The molecule has 0 saturated carbocycles. The number of hydrogen-bond donors (Lipinski definition) is 1. The number of nitrogens with one attached hydrogen (secondary N) is 1. The van der Waals surface area contributed by atoms with Gasteiger partial charge in [-0.15, -0.1) is 5.10 Å². The van der Waals surface area contributed by atoms with Crippen molar-refractivity contribution < 1.29 is 13.9 Å². The fraction of sp³-hybridized carbons (Fsp3) is 0.467. The summed E-state index contributed by atoms with van der Waals surface area (Å²) in [6.45, 7) is 2.84. The van der Waals surface area contributed by atoms with Crippen molar-refractivity contribution >= 4 is 5.91 Å². The number of nitrogens with zero attached hydrogens (tertiary/aromatic N) is 3. The van der Waals surface area contributed by atoms with Crippen molar-refractivity contribution in [2.45, 2.75) is 31.8 Å². The molecule has 23 heavy (non-hydrogen) atoms. The fourth-order valence-corrected chi connectivity index (χ4v) is 2.72. The van der Waals surface area contributed by atoms with Crippen molar-refractivity contribution in [2.75, 3.05) is 13.1 Å². The first kappa shape index (κ1) is 15.3. The van der Waals surface area contributed by atoms with E-state index in [4.69, 9.17) is 9.15 Å². The summed E-state index contributed by atoms with van der Waals surface area (Å²) in [5.41, 5.74) is 0. The Morgan fingerprint density at radius 1 is 1.57 bits per heavy atom.